The van der Waals surface area contributed by atoms with Gasteiger partial charge < -0.3 is 10.2 Å². The van der Waals surface area contributed by atoms with Gasteiger partial charge in [-0.1, -0.05) is 41.5 Å². The molecular formula is C14H28N2O4. The third-order valence-electron chi connectivity index (χ3n) is 3.74. The van der Waals surface area contributed by atoms with Crippen LogP contribution in [0.5, 0.6) is 0 Å². The van der Waals surface area contributed by atoms with Gasteiger partial charge in [-0.05, 0) is 10.8 Å². The van der Waals surface area contributed by atoms with Gasteiger partial charge in [0, 0.05) is 6.54 Å². The average Bonchev–Trinajstić information content (AvgIpc) is 2.18. The van der Waals surface area contributed by atoms with Gasteiger partial charge in [-0.3, -0.25) is 20.4 Å². The first-order valence-corrected chi connectivity index (χ1v) is 6.77. The van der Waals surface area contributed by atoms with Crippen molar-refractivity contribution >= 4 is 11.9 Å². The van der Waals surface area contributed by atoms with Gasteiger partial charge in [0.25, 0.3) is 0 Å². The minimum absolute atomic E-state index is 0.0234. The highest BCUT2D eigenvalue weighted by Gasteiger charge is 2.51. The van der Waals surface area contributed by atoms with Crippen molar-refractivity contribution in [1.29, 1.82) is 0 Å². The molecule has 0 saturated heterocycles. The SMILES string of the molecule is CC(C)(C)C(CC(=O)O)(NNCCC(=O)O)C(C)(C)C. The van der Waals surface area contributed by atoms with Gasteiger partial charge in [-0.2, -0.15) is 0 Å². The summed E-state index contributed by atoms with van der Waals surface area (Å²) in [7, 11) is 0. The Labute approximate surface area is 120 Å². The number of carboxylic acids is 2. The molecule has 6 nitrogen and oxygen atoms in total. The van der Waals surface area contributed by atoms with E-state index in [0.717, 1.165) is 0 Å². The third-order valence-corrected chi connectivity index (χ3v) is 3.74. The van der Waals surface area contributed by atoms with Gasteiger partial charge in [-0.25, -0.2) is 0 Å². The zero-order valence-electron chi connectivity index (χ0n) is 13.3. The van der Waals surface area contributed by atoms with E-state index in [0.29, 0.717) is 0 Å². The van der Waals surface area contributed by atoms with E-state index < -0.39 is 17.5 Å². The molecule has 0 aliphatic carbocycles. The minimum atomic E-state index is -0.894. The summed E-state index contributed by atoms with van der Waals surface area (Å²) in [6, 6.07) is 0. The Hall–Kier alpha value is -1.14. The average molecular weight is 288 g/mol. The standard InChI is InChI=1S/C14H28N2O4/c1-12(2,3)14(9-11(19)20,13(4,5)6)16-15-8-7-10(17)18/h15-16H,7-9H2,1-6H3,(H,17,18)(H,19,20). The summed E-state index contributed by atoms with van der Waals surface area (Å²) in [5.74, 6) is -1.78. The van der Waals surface area contributed by atoms with Crippen molar-refractivity contribution in [3.05, 3.63) is 0 Å². The lowest BCUT2D eigenvalue weighted by Gasteiger charge is -2.53. The Morgan fingerprint density at radius 2 is 1.35 bits per heavy atom. The van der Waals surface area contributed by atoms with E-state index in [2.05, 4.69) is 10.9 Å². The summed E-state index contributed by atoms with van der Waals surface area (Å²) in [5, 5.41) is 17.9. The van der Waals surface area contributed by atoms with Gasteiger partial charge in [0.2, 0.25) is 0 Å². The van der Waals surface area contributed by atoms with Crippen LogP contribution in [0.2, 0.25) is 0 Å². The number of hydrogen-bond donors (Lipinski definition) is 4. The molecule has 0 fully saturated rings. The molecule has 0 amide bonds. The van der Waals surface area contributed by atoms with Crippen molar-refractivity contribution in [2.75, 3.05) is 6.54 Å². The highest BCUT2D eigenvalue weighted by atomic mass is 16.4. The maximum Gasteiger partial charge on any atom is 0.305 e. The quantitative estimate of drug-likeness (QED) is 0.421. The van der Waals surface area contributed by atoms with E-state index in [1.165, 1.54) is 0 Å². The van der Waals surface area contributed by atoms with Crippen LogP contribution in [0.15, 0.2) is 0 Å². The molecule has 4 N–H and O–H groups in total. The van der Waals surface area contributed by atoms with Crippen molar-refractivity contribution in [1.82, 2.24) is 10.9 Å². The van der Waals surface area contributed by atoms with Gasteiger partial charge >= 0.3 is 11.9 Å². The fourth-order valence-electron chi connectivity index (χ4n) is 2.68. The smallest absolute Gasteiger partial charge is 0.305 e. The van der Waals surface area contributed by atoms with Crippen molar-refractivity contribution in [2.24, 2.45) is 10.8 Å². The Kier molecular flexibility index (Phi) is 6.17. The molecule has 0 heterocycles. The van der Waals surface area contributed by atoms with Crippen molar-refractivity contribution < 1.29 is 19.8 Å². The second-order valence-corrected chi connectivity index (χ2v) is 7.17. The number of nitrogens with one attached hydrogen (secondary N) is 2. The van der Waals surface area contributed by atoms with Crippen LogP contribution in [0.25, 0.3) is 0 Å². The first kappa shape index (κ1) is 18.9. The van der Waals surface area contributed by atoms with Crippen LogP contribution in [0.3, 0.4) is 0 Å². The molecule has 0 aliphatic rings. The van der Waals surface area contributed by atoms with E-state index in [1.54, 1.807) is 0 Å². The molecule has 0 aromatic rings. The van der Waals surface area contributed by atoms with Crippen molar-refractivity contribution in [3.8, 4) is 0 Å². The molecule has 0 radical (unpaired) electrons. The van der Waals surface area contributed by atoms with E-state index >= 15 is 0 Å². The zero-order valence-corrected chi connectivity index (χ0v) is 13.3. The maximum absolute atomic E-state index is 11.3. The maximum atomic E-state index is 11.3. The van der Waals surface area contributed by atoms with Crippen LogP contribution in [0.1, 0.15) is 54.4 Å². The van der Waals surface area contributed by atoms with E-state index in [-0.39, 0.29) is 30.2 Å². The van der Waals surface area contributed by atoms with E-state index in [4.69, 9.17) is 5.11 Å². The summed E-state index contributed by atoms with van der Waals surface area (Å²) in [6.07, 6.45) is -0.0789. The first-order chi connectivity index (χ1) is 8.83. The molecule has 118 valence electrons. The highest BCUT2D eigenvalue weighted by molar-refractivity contribution is 5.69. The summed E-state index contributed by atoms with van der Waals surface area (Å²) in [6.45, 7) is 12.1. The van der Waals surface area contributed by atoms with Gasteiger partial charge in [0.15, 0.2) is 0 Å². The van der Waals surface area contributed by atoms with Gasteiger partial charge in [0.05, 0.1) is 18.4 Å². The van der Waals surface area contributed by atoms with Gasteiger partial charge in [-0.15, -0.1) is 0 Å². The second-order valence-electron chi connectivity index (χ2n) is 7.17. The van der Waals surface area contributed by atoms with E-state index in [9.17, 15) is 14.7 Å². The summed E-state index contributed by atoms with van der Waals surface area (Å²) < 4.78 is 0. The molecule has 0 aliphatic heterocycles. The number of rotatable bonds is 7. The third kappa shape index (κ3) is 4.76. The zero-order chi connectivity index (χ0) is 16.2. The lowest BCUT2D eigenvalue weighted by molar-refractivity contribution is -0.144. The molecule has 6 heteroatoms. The van der Waals surface area contributed by atoms with Crippen LogP contribution in [-0.4, -0.2) is 34.2 Å². The van der Waals surface area contributed by atoms with Gasteiger partial charge in [0.1, 0.15) is 0 Å². The van der Waals surface area contributed by atoms with Crippen LogP contribution in [0.4, 0.5) is 0 Å². The van der Waals surface area contributed by atoms with Crippen LogP contribution < -0.4 is 10.9 Å². The van der Waals surface area contributed by atoms with Crippen LogP contribution >= 0.6 is 0 Å². The predicted octanol–water partition coefficient (Wildman–Crippen LogP) is 1.86. The molecule has 0 rings (SSSR count). The molecule has 0 unspecified atom stereocenters. The number of carboxylic acid groups (broad SMARTS) is 2. The highest BCUT2D eigenvalue weighted by Crippen LogP contribution is 2.45. The number of hydrogen-bond acceptors (Lipinski definition) is 4. The Balaban J connectivity index is 5.21. The molecule has 0 spiro atoms. The monoisotopic (exact) mass is 288 g/mol. The molecule has 20 heavy (non-hydrogen) atoms. The predicted molar refractivity (Wildman–Crippen MR) is 77.3 cm³/mol. The Morgan fingerprint density at radius 3 is 1.65 bits per heavy atom. The summed E-state index contributed by atoms with van der Waals surface area (Å²) in [5.41, 5.74) is 4.60. The number of hydrazine groups is 1. The first-order valence-electron chi connectivity index (χ1n) is 6.77. The largest absolute Gasteiger partial charge is 0.481 e. The Bertz CT molecular complexity index is 339. The molecule has 0 saturated carbocycles. The molecule has 0 aromatic heterocycles. The van der Waals surface area contributed by atoms with Crippen LogP contribution in [-0.2, 0) is 9.59 Å². The molecule has 0 aromatic carbocycles. The summed E-state index contributed by atoms with van der Waals surface area (Å²) >= 11 is 0. The fraction of sp³-hybridized carbons (Fsp3) is 0.857. The van der Waals surface area contributed by atoms with Crippen LogP contribution in [0, 0.1) is 10.8 Å². The number of aliphatic carboxylic acids is 2. The fourth-order valence-corrected chi connectivity index (χ4v) is 2.68. The molecule has 0 atom stereocenters. The molecular weight excluding hydrogens is 260 g/mol. The minimum Gasteiger partial charge on any atom is -0.481 e. The molecule has 0 bridgehead atoms. The second kappa shape index (κ2) is 6.54. The summed E-state index contributed by atoms with van der Waals surface area (Å²) in [4.78, 5) is 21.8. The van der Waals surface area contributed by atoms with Crippen molar-refractivity contribution in [2.45, 2.75) is 59.9 Å². The van der Waals surface area contributed by atoms with E-state index in [1.807, 2.05) is 41.5 Å². The topological polar surface area (TPSA) is 98.7 Å². The Morgan fingerprint density at radius 1 is 0.900 bits per heavy atom. The lowest BCUT2D eigenvalue weighted by Crippen LogP contribution is -2.67. The normalized spacial score (nSPS) is 13.3. The van der Waals surface area contributed by atoms with Crippen molar-refractivity contribution in [3.63, 3.8) is 0 Å². The lowest BCUT2D eigenvalue weighted by atomic mass is 9.59. The number of carbonyl (C=O) groups is 2.